The van der Waals surface area contributed by atoms with E-state index < -0.39 is 11.8 Å². The number of benzene rings is 3. The highest BCUT2D eigenvalue weighted by Gasteiger charge is 2.48. The highest BCUT2D eigenvalue weighted by atomic mass is 16.7. The number of hydrogen-bond donors (Lipinski definition) is 1. The van der Waals surface area contributed by atoms with Crippen LogP contribution in [0, 0.1) is 6.92 Å². The van der Waals surface area contributed by atoms with Crippen molar-refractivity contribution in [2.75, 3.05) is 7.11 Å². The van der Waals surface area contributed by atoms with Crippen LogP contribution < -0.4 is 4.74 Å². The van der Waals surface area contributed by atoms with Gasteiger partial charge in [-0.3, -0.25) is 0 Å². The van der Waals surface area contributed by atoms with Gasteiger partial charge < -0.3 is 14.6 Å². The number of carbonyl (C=O) groups is 1. The van der Waals surface area contributed by atoms with Crippen LogP contribution in [0.5, 0.6) is 5.75 Å². The Balaban J connectivity index is 1.68. The first-order valence-corrected chi connectivity index (χ1v) is 10.1. The Hall–Kier alpha value is -3.97. The van der Waals surface area contributed by atoms with Crippen LogP contribution in [0.15, 0.2) is 76.9 Å². The fourth-order valence-electron chi connectivity index (χ4n) is 3.94. The van der Waals surface area contributed by atoms with E-state index in [1.54, 1.807) is 49.6 Å². The molecule has 160 valence electrons. The summed E-state index contributed by atoms with van der Waals surface area (Å²) in [5.74, 6) is -1.89. The predicted octanol–water partition coefficient (Wildman–Crippen LogP) is 3.94. The zero-order valence-electron chi connectivity index (χ0n) is 17.5. The Morgan fingerprint density at radius 2 is 1.69 bits per heavy atom. The van der Waals surface area contributed by atoms with E-state index in [4.69, 9.17) is 14.1 Å². The van der Waals surface area contributed by atoms with Gasteiger partial charge in [-0.15, -0.1) is 0 Å². The average molecular weight is 428 g/mol. The van der Waals surface area contributed by atoms with Crippen molar-refractivity contribution < 1.29 is 24.0 Å². The maximum Gasteiger partial charge on any atom is 0.342 e. The van der Waals surface area contributed by atoms with E-state index in [0.29, 0.717) is 45.5 Å². The quantitative estimate of drug-likeness (QED) is 0.481. The van der Waals surface area contributed by atoms with E-state index in [0.717, 1.165) is 11.1 Å². The molecule has 1 aliphatic heterocycles. The molecule has 0 bridgehead atoms. The summed E-state index contributed by atoms with van der Waals surface area (Å²) in [6, 6.07) is 19.9. The van der Waals surface area contributed by atoms with Crippen LogP contribution in [0.2, 0.25) is 0 Å². The second-order valence-corrected chi connectivity index (χ2v) is 7.75. The number of nitrogens with zero attached hydrogens (tertiary/aromatic N) is 2. The van der Waals surface area contributed by atoms with E-state index in [2.05, 4.69) is 10.3 Å². The maximum atomic E-state index is 13.1. The molecule has 2 heterocycles. The Morgan fingerprint density at radius 3 is 2.41 bits per heavy atom. The molecule has 0 amide bonds. The average Bonchev–Trinajstić information content (AvgIpc) is 3.37. The van der Waals surface area contributed by atoms with E-state index in [-0.39, 0.29) is 0 Å². The smallest absolute Gasteiger partial charge is 0.342 e. The molecule has 7 heteroatoms. The summed E-state index contributed by atoms with van der Waals surface area (Å²) < 4.78 is 15.6. The number of fused-ring (bicyclic) bond motifs is 1. The number of aryl methyl sites for hydroxylation is 1. The van der Waals surface area contributed by atoms with Crippen molar-refractivity contribution in [3.8, 4) is 5.75 Å². The summed E-state index contributed by atoms with van der Waals surface area (Å²) in [6.07, 6.45) is 0.318. The number of esters is 1. The molecule has 0 aliphatic carbocycles. The third-order valence-electron chi connectivity index (χ3n) is 5.68. The molecular weight excluding hydrogens is 408 g/mol. The van der Waals surface area contributed by atoms with E-state index in [9.17, 15) is 9.90 Å². The van der Waals surface area contributed by atoms with Gasteiger partial charge in [-0.05, 0) is 64.8 Å². The standard InChI is InChI=1S/C25H20N2O5/c1-15-3-5-16(6-4-15)13-20-23(17-7-12-21-22(14-17)27-32-26-21)24(28)31-25(20,29)18-8-10-19(30-2)11-9-18/h3-12,14,29H,13H2,1-2H3. The summed E-state index contributed by atoms with van der Waals surface area (Å²) in [7, 11) is 1.56. The number of aliphatic hydroxyl groups is 1. The number of methoxy groups -OCH3 is 1. The fourth-order valence-corrected chi connectivity index (χ4v) is 3.94. The molecule has 1 aliphatic rings. The number of cyclic esters (lactones) is 1. The van der Waals surface area contributed by atoms with Gasteiger partial charge in [0.1, 0.15) is 16.8 Å². The molecule has 0 saturated heterocycles. The van der Waals surface area contributed by atoms with Gasteiger partial charge >= 0.3 is 5.97 Å². The van der Waals surface area contributed by atoms with Crippen molar-refractivity contribution in [2.45, 2.75) is 19.1 Å². The Bertz CT molecular complexity index is 1340. The highest BCUT2D eigenvalue weighted by molar-refractivity contribution is 6.20. The van der Waals surface area contributed by atoms with Gasteiger partial charge in [0.25, 0.3) is 5.79 Å². The molecule has 7 nitrogen and oxygen atoms in total. The maximum absolute atomic E-state index is 13.1. The molecule has 0 radical (unpaired) electrons. The van der Waals surface area contributed by atoms with Crippen molar-refractivity contribution in [2.24, 2.45) is 0 Å². The summed E-state index contributed by atoms with van der Waals surface area (Å²) in [6.45, 7) is 2.01. The summed E-state index contributed by atoms with van der Waals surface area (Å²) in [5, 5.41) is 19.4. The van der Waals surface area contributed by atoms with Crippen LogP contribution in [-0.4, -0.2) is 28.5 Å². The molecule has 32 heavy (non-hydrogen) atoms. The van der Waals surface area contributed by atoms with Crippen molar-refractivity contribution in [1.82, 2.24) is 10.3 Å². The minimum atomic E-state index is -1.92. The van der Waals surface area contributed by atoms with Gasteiger partial charge in [-0.2, -0.15) is 0 Å². The third kappa shape index (κ3) is 3.33. The lowest BCUT2D eigenvalue weighted by Crippen LogP contribution is -2.29. The third-order valence-corrected chi connectivity index (χ3v) is 5.68. The second kappa shape index (κ2) is 7.62. The van der Waals surface area contributed by atoms with Gasteiger partial charge in [0.2, 0.25) is 0 Å². The molecule has 1 N–H and O–H groups in total. The Kier molecular flexibility index (Phi) is 4.75. The van der Waals surface area contributed by atoms with Crippen molar-refractivity contribution in [3.05, 3.63) is 94.6 Å². The van der Waals surface area contributed by atoms with Crippen molar-refractivity contribution in [3.63, 3.8) is 0 Å². The van der Waals surface area contributed by atoms with Crippen LogP contribution in [0.1, 0.15) is 22.3 Å². The van der Waals surface area contributed by atoms with E-state index in [1.807, 2.05) is 31.2 Å². The molecule has 0 spiro atoms. The first-order valence-electron chi connectivity index (χ1n) is 10.1. The van der Waals surface area contributed by atoms with Gasteiger partial charge in [-0.25, -0.2) is 9.42 Å². The number of aromatic nitrogens is 2. The van der Waals surface area contributed by atoms with Gasteiger partial charge in [-0.1, -0.05) is 35.9 Å². The molecule has 3 aromatic carbocycles. The molecule has 0 fully saturated rings. The number of carbonyl (C=O) groups excluding carboxylic acids is 1. The van der Waals surface area contributed by atoms with Crippen LogP contribution in [0.4, 0.5) is 0 Å². The summed E-state index contributed by atoms with van der Waals surface area (Å²) >= 11 is 0. The molecule has 5 rings (SSSR count). The van der Waals surface area contributed by atoms with Gasteiger partial charge in [0.15, 0.2) is 0 Å². The first kappa shape index (κ1) is 20.0. The monoisotopic (exact) mass is 428 g/mol. The molecule has 1 atom stereocenters. The normalized spacial score (nSPS) is 18.3. The summed E-state index contributed by atoms with van der Waals surface area (Å²) in [5.41, 5.74) is 4.91. The van der Waals surface area contributed by atoms with Gasteiger partial charge in [0, 0.05) is 17.6 Å². The predicted molar refractivity (Wildman–Crippen MR) is 117 cm³/mol. The zero-order chi connectivity index (χ0) is 22.3. The molecule has 1 unspecified atom stereocenters. The number of rotatable bonds is 5. The lowest BCUT2D eigenvalue weighted by atomic mass is 9.88. The van der Waals surface area contributed by atoms with Crippen LogP contribution in [0.25, 0.3) is 16.6 Å². The molecular formula is C25H20N2O5. The molecule has 1 aromatic heterocycles. The zero-order valence-corrected chi connectivity index (χ0v) is 17.5. The minimum Gasteiger partial charge on any atom is -0.497 e. The Labute approximate surface area is 183 Å². The second-order valence-electron chi connectivity index (χ2n) is 7.75. The van der Waals surface area contributed by atoms with Crippen LogP contribution in [-0.2, 0) is 21.7 Å². The fraction of sp³-hybridized carbons (Fsp3) is 0.160. The van der Waals surface area contributed by atoms with Gasteiger partial charge in [0.05, 0.1) is 12.7 Å². The van der Waals surface area contributed by atoms with Crippen LogP contribution in [0.3, 0.4) is 0 Å². The van der Waals surface area contributed by atoms with E-state index >= 15 is 0 Å². The van der Waals surface area contributed by atoms with Crippen LogP contribution >= 0.6 is 0 Å². The highest BCUT2D eigenvalue weighted by Crippen LogP contribution is 2.45. The lowest BCUT2D eigenvalue weighted by Gasteiger charge is -2.26. The number of ether oxygens (including phenoxy) is 2. The number of hydrogen-bond acceptors (Lipinski definition) is 7. The lowest BCUT2D eigenvalue weighted by molar-refractivity contribution is -0.185. The first-order chi connectivity index (χ1) is 15.5. The molecule has 4 aromatic rings. The van der Waals surface area contributed by atoms with Crippen molar-refractivity contribution in [1.29, 1.82) is 0 Å². The molecule has 0 saturated carbocycles. The minimum absolute atomic E-state index is 0.300. The van der Waals surface area contributed by atoms with E-state index in [1.165, 1.54) is 0 Å². The summed E-state index contributed by atoms with van der Waals surface area (Å²) in [4.78, 5) is 13.1. The topological polar surface area (TPSA) is 94.7 Å². The largest absolute Gasteiger partial charge is 0.497 e. The SMILES string of the molecule is COc1ccc(C2(O)OC(=O)C(c3ccc4nonc4c3)=C2Cc2ccc(C)cc2)cc1. The van der Waals surface area contributed by atoms with Crippen molar-refractivity contribution >= 4 is 22.6 Å². The Morgan fingerprint density at radius 1 is 0.969 bits per heavy atom.